The Balaban J connectivity index is 2.19. The topological polar surface area (TPSA) is 46.5 Å². The van der Waals surface area contributed by atoms with E-state index in [-0.39, 0.29) is 12.6 Å². The van der Waals surface area contributed by atoms with Crippen LogP contribution in [-0.2, 0) is 4.74 Å². The third-order valence-electron chi connectivity index (χ3n) is 2.37. The number of unbranched alkanes of at least 4 members (excludes halogenated alkanes) is 3. The molecule has 0 aliphatic rings. The van der Waals surface area contributed by atoms with E-state index in [1.54, 1.807) is 24.3 Å². The van der Waals surface area contributed by atoms with Crippen LogP contribution in [0.1, 0.15) is 36.0 Å². The number of carbonyl (C=O) groups is 1. The lowest BCUT2D eigenvalue weighted by Gasteiger charge is -2.04. The first kappa shape index (κ1) is 14.0. The molecule has 0 fully saturated rings. The van der Waals surface area contributed by atoms with E-state index in [1.807, 2.05) is 0 Å². The molecule has 0 aliphatic carbocycles. The summed E-state index contributed by atoms with van der Waals surface area (Å²) in [7, 11) is 0. The lowest BCUT2D eigenvalue weighted by Crippen LogP contribution is -2.06. The summed E-state index contributed by atoms with van der Waals surface area (Å²) < 4.78 is 5.10. The Kier molecular flexibility index (Phi) is 6.67. The minimum Gasteiger partial charge on any atom is -0.462 e. The van der Waals surface area contributed by atoms with Crippen molar-refractivity contribution in [2.45, 2.75) is 25.7 Å². The highest BCUT2D eigenvalue weighted by Gasteiger charge is 2.05. The molecule has 0 aliphatic heterocycles. The summed E-state index contributed by atoms with van der Waals surface area (Å²) in [4.78, 5) is 11.5. The van der Waals surface area contributed by atoms with Crippen LogP contribution in [0.15, 0.2) is 24.3 Å². The minimum absolute atomic E-state index is 0.227. The average Bonchev–Trinajstić information content (AvgIpc) is 2.34. The van der Waals surface area contributed by atoms with Crippen molar-refractivity contribution in [2.24, 2.45) is 0 Å². The molecule has 0 saturated heterocycles. The van der Waals surface area contributed by atoms with Crippen LogP contribution in [0.4, 0.5) is 0 Å². The molecule has 0 unspecified atom stereocenters. The average molecular weight is 257 g/mol. The number of ether oxygens (including phenoxy) is 1. The predicted octanol–water partition coefficient (Wildman–Crippen LogP) is 3.05. The fourth-order valence-electron chi connectivity index (χ4n) is 1.40. The van der Waals surface area contributed by atoms with E-state index >= 15 is 0 Å². The lowest BCUT2D eigenvalue weighted by atomic mass is 10.2. The SMILES string of the molecule is O=C(OCCCCCCO)c1ccc(Cl)cc1. The van der Waals surface area contributed by atoms with Crippen molar-refractivity contribution in [1.82, 2.24) is 0 Å². The van der Waals surface area contributed by atoms with Crippen molar-refractivity contribution in [1.29, 1.82) is 0 Å². The van der Waals surface area contributed by atoms with Crippen molar-refractivity contribution in [3.8, 4) is 0 Å². The maximum atomic E-state index is 11.5. The predicted molar refractivity (Wildman–Crippen MR) is 67.3 cm³/mol. The number of hydrogen-bond donors (Lipinski definition) is 1. The molecular weight excluding hydrogens is 240 g/mol. The molecule has 94 valence electrons. The van der Waals surface area contributed by atoms with Gasteiger partial charge in [0.25, 0.3) is 0 Å². The number of rotatable bonds is 7. The lowest BCUT2D eigenvalue weighted by molar-refractivity contribution is 0.0497. The molecule has 1 rings (SSSR count). The van der Waals surface area contributed by atoms with E-state index in [2.05, 4.69) is 0 Å². The van der Waals surface area contributed by atoms with E-state index < -0.39 is 0 Å². The number of benzene rings is 1. The maximum absolute atomic E-state index is 11.5. The van der Waals surface area contributed by atoms with Crippen molar-refractivity contribution in [3.63, 3.8) is 0 Å². The summed E-state index contributed by atoms with van der Waals surface area (Å²) in [5.74, 6) is -0.316. The molecule has 0 bridgehead atoms. The number of aliphatic hydroxyl groups excluding tert-OH is 1. The molecule has 0 heterocycles. The van der Waals surface area contributed by atoms with Crippen LogP contribution in [-0.4, -0.2) is 24.3 Å². The zero-order chi connectivity index (χ0) is 12.5. The van der Waals surface area contributed by atoms with Crippen LogP contribution in [0.25, 0.3) is 0 Å². The second-order valence-electron chi connectivity index (χ2n) is 3.78. The van der Waals surface area contributed by atoms with Gasteiger partial charge in [-0.15, -0.1) is 0 Å². The highest BCUT2D eigenvalue weighted by atomic mass is 35.5. The molecule has 1 N–H and O–H groups in total. The standard InChI is InChI=1S/C13H17ClO3/c14-12-7-5-11(6-8-12)13(16)17-10-4-2-1-3-9-15/h5-8,15H,1-4,9-10H2. The molecule has 0 atom stereocenters. The van der Waals surface area contributed by atoms with Crippen molar-refractivity contribution in [2.75, 3.05) is 13.2 Å². The Labute approximate surface area is 106 Å². The van der Waals surface area contributed by atoms with Crippen LogP contribution in [0.3, 0.4) is 0 Å². The number of aliphatic hydroxyl groups is 1. The monoisotopic (exact) mass is 256 g/mol. The summed E-state index contributed by atoms with van der Waals surface area (Å²) in [6, 6.07) is 6.63. The third-order valence-corrected chi connectivity index (χ3v) is 2.62. The first-order chi connectivity index (χ1) is 8.24. The second-order valence-corrected chi connectivity index (χ2v) is 4.22. The van der Waals surface area contributed by atoms with Gasteiger partial charge in [0.05, 0.1) is 12.2 Å². The third kappa shape index (κ3) is 5.71. The molecule has 0 amide bonds. The highest BCUT2D eigenvalue weighted by Crippen LogP contribution is 2.10. The summed E-state index contributed by atoms with van der Waals surface area (Å²) >= 11 is 5.72. The van der Waals surface area contributed by atoms with Crippen LogP contribution < -0.4 is 0 Å². The Morgan fingerprint density at radius 1 is 1.12 bits per heavy atom. The maximum Gasteiger partial charge on any atom is 0.338 e. The van der Waals surface area contributed by atoms with Crippen molar-refractivity contribution >= 4 is 17.6 Å². The molecule has 1 aromatic carbocycles. The van der Waals surface area contributed by atoms with Gasteiger partial charge in [-0.25, -0.2) is 4.79 Å². The minimum atomic E-state index is -0.316. The first-order valence-corrected chi connectivity index (χ1v) is 6.15. The zero-order valence-corrected chi connectivity index (χ0v) is 10.4. The molecule has 0 spiro atoms. The van der Waals surface area contributed by atoms with E-state index in [9.17, 15) is 4.79 Å². The largest absolute Gasteiger partial charge is 0.462 e. The fourth-order valence-corrected chi connectivity index (χ4v) is 1.53. The Bertz CT molecular complexity index is 335. The molecule has 3 nitrogen and oxygen atoms in total. The smallest absolute Gasteiger partial charge is 0.338 e. The van der Waals surface area contributed by atoms with Crippen LogP contribution in [0.2, 0.25) is 5.02 Å². The summed E-state index contributed by atoms with van der Waals surface area (Å²) in [5, 5.41) is 9.19. The Morgan fingerprint density at radius 2 is 1.76 bits per heavy atom. The summed E-state index contributed by atoms with van der Waals surface area (Å²) in [6.45, 7) is 0.650. The molecular formula is C13H17ClO3. The van der Waals surface area contributed by atoms with Crippen molar-refractivity contribution < 1.29 is 14.6 Å². The molecule has 0 aromatic heterocycles. The Hall–Kier alpha value is -1.06. The quantitative estimate of drug-likeness (QED) is 0.602. The first-order valence-electron chi connectivity index (χ1n) is 5.77. The van der Waals surface area contributed by atoms with Gasteiger partial charge in [0.1, 0.15) is 0 Å². The van der Waals surface area contributed by atoms with Gasteiger partial charge >= 0.3 is 5.97 Å². The van der Waals surface area contributed by atoms with Crippen molar-refractivity contribution in [3.05, 3.63) is 34.9 Å². The van der Waals surface area contributed by atoms with Gasteiger partial charge in [-0.1, -0.05) is 18.0 Å². The van der Waals surface area contributed by atoms with Crippen LogP contribution >= 0.6 is 11.6 Å². The van der Waals surface area contributed by atoms with Gasteiger partial charge < -0.3 is 9.84 Å². The number of halogens is 1. The Morgan fingerprint density at radius 3 is 2.41 bits per heavy atom. The number of hydrogen-bond acceptors (Lipinski definition) is 3. The van der Waals surface area contributed by atoms with E-state index in [0.717, 1.165) is 25.7 Å². The molecule has 0 radical (unpaired) electrons. The molecule has 1 aromatic rings. The van der Waals surface area contributed by atoms with Gasteiger partial charge in [-0.3, -0.25) is 0 Å². The summed E-state index contributed by atoms with van der Waals surface area (Å²) in [6.07, 6.45) is 3.58. The highest BCUT2D eigenvalue weighted by molar-refractivity contribution is 6.30. The van der Waals surface area contributed by atoms with Gasteiger partial charge in [0.2, 0.25) is 0 Å². The van der Waals surface area contributed by atoms with E-state index in [1.165, 1.54) is 0 Å². The zero-order valence-electron chi connectivity index (χ0n) is 9.69. The van der Waals surface area contributed by atoms with Crippen LogP contribution in [0, 0.1) is 0 Å². The molecule has 17 heavy (non-hydrogen) atoms. The van der Waals surface area contributed by atoms with E-state index in [0.29, 0.717) is 17.2 Å². The van der Waals surface area contributed by atoms with Crippen LogP contribution in [0.5, 0.6) is 0 Å². The number of esters is 1. The molecule has 4 heteroatoms. The second kappa shape index (κ2) is 8.09. The molecule has 0 saturated carbocycles. The van der Waals surface area contributed by atoms with Gasteiger partial charge in [0.15, 0.2) is 0 Å². The van der Waals surface area contributed by atoms with Gasteiger partial charge in [-0.2, -0.15) is 0 Å². The van der Waals surface area contributed by atoms with Gasteiger partial charge in [0, 0.05) is 11.6 Å². The fraction of sp³-hybridized carbons (Fsp3) is 0.462. The summed E-state index contributed by atoms with van der Waals surface area (Å²) in [5.41, 5.74) is 0.518. The van der Waals surface area contributed by atoms with E-state index in [4.69, 9.17) is 21.4 Å². The number of carbonyl (C=O) groups excluding carboxylic acids is 1. The normalized spacial score (nSPS) is 10.2. The van der Waals surface area contributed by atoms with Gasteiger partial charge in [-0.05, 0) is 43.5 Å².